The molecule has 3 atom stereocenters. The van der Waals surface area contributed by atoms with E-state index in [1.807, 2.05) is 6.92 Å². The third kappa shape index (κ3) is 2.13. The second-order valence-corrected chi connectivity index (χ2v) is 5.39. The van der Waals surface area contributed by atoms with Crippen molar-refractivity contribution in [1.29, 1.82) is 0 Å². The first kappa shape index (κ1) is 11.6. The number of carboxylic acid groups (broad SMARTS) is 1. The first-order valence-corrected chi connectivity index (χ1v) is 6.53. The molecule has 1 aromatic rings. The molecule has 0 spiro atoms. The van der Waals surface area contributed by atoms with Crippen molar-refractivity contribution in [2.24, 2.45) is 11.8 Å². The van der Waals surface area contributed by atoms with E-state index in [2.05, 4.69) is 28.7 Å². The highest BCUT2D eigenvalue weighted by molar-refractivity contribution is 7.07. The summed E-state index contributed by atoms with van der Waals surface area (Å²) in [6.45, 7) is 5.74. The van der Waals surface area contributed by atoms with E-state index in [1.54, 1.807) is 11.3 Å². The molecule has 0 saturated carbocycles. The lowest BCUT2D eigenvalue weighted by Gasteiger charge is -2.23. The fourth-order valence-electron chi connectivity index (χ4n) is 2.37. The first-order chi connectivity index (χ1) is 7.59. The fraction of sp³-hybridized carbons (Fsp3) is 0.583. The molecule has 1 aliphatic rings. The average Bonchev–Trinajstić information content (AvgIpc) is 2.84. The largest absolute Gasteiger partial charge is 0.481 e. The van der Waals surface area contributed by atoms with E-state index in [4.69, 9.17) is 5.11 Å². The molecule has 88 valence electrons. The molecule has 1 saturated heterocycles. The molecule has 0 aromatic carbocycles. The van der Waals surface area contributed by atoms with Crippen LogP contribution in [-0.2, 0) is 4.79 Å². The van der Waals surface area contributed by atoms with Crippen LogP contribution in [0.15, 0.2) is 16.8 Å². The molecule has 16 heavy (non-hydrogen) atoms. The average molecular weight is 239 g/mol. The van der Waals surface area contributed by atoms with Crippen LogP contribution in [0.3, 0.4) is 0 Å². The van der Waals surface area contributed by atoms with Gasteiger partial charge in [-0.05, 0) is 35.2 Å². The Hall–Kier alpha value is -0.870. The van der Waals surface area contributed by atoms with Gasteiger partial charge in [-0.3, -0.25) is 9.69 Å². The Balaban J connectivity index is 2.05. The van der Waals surface area contributed by atoms with E-state index < -0.39 is 5.97 Å². The summed E-state index contributed by atoms with van der Waals surface area (Å²) in [5.41, 5.74) is 1.29. The predicted octanol–water partition coefficient (Wildman–Crippen LogP) is 2.46. The summed E-state index contributed by atoms with van der Waals surface area (Å²) in [5.74, 6) is -0.618. The van der Waals surface area contributed by atoms with Gasteiger partial charge in [0.05, 0.1) is 5.92 Å². The molecule has 3 unspecified atom stereocenters. The second kappa shape index (κ2) is 4.55. The van der Waals surface area contributed by atoms with E-state index in [9.17, 15) is 4.79 Å². The Morgan fingerprint density at radius 3 is 2.88 bits per heavy atom. The molecule has 2 heterocycles. The standard InChI is InChI=1S/C12H17NO2S/c1-8-5-13(6-11(8)12(14)15)9(2)10-3-4-16-7-10/h3-4,7-9,11H,5-6H2,1-2H3,(H,14,15). The van der Waals surface area contributed by atoms with Gasteiger partial charge in [-0.25, -0.2) is 0 Å². The van der Waals surface area contributed by atoms with Crippen LogP contribution in [0.4, 0.5) is 0 Å². The zero-order chi connectivity index (χ0) is 11.7. The van der Waals surface area contributed by atoms with Crippen molar-refractivity contribution in [1.82, 2.24) is 4.90 Å². The van der Waals surface area contributed by atoms with Crippen molar-refractivity contribution in [3.8, 4) is 0 Å². The van der Waals surface area contributed by atoms with Crippen LogP contribution < -0.4 is 0 Å². The van der Waals surface area contributed by atoms with Gasteiger partial charge in [-0.15, -0.1) is 0 Å². The lowest BCUT2D eigenvalue weighted by Crippen LogP contribution is -2.26. The molecule has 1 fully saturated rings. The van der Waals surface area contributed by atoms with Crippen LogP contribution in [0, 0.1) is 11.8 Å². The molecule has 0 amide bonds. The number of hydrogen-bond acceptors (Lipinski definition) is 3. The Labute approximate surface area is 99.7 Å². The van der Waals surface area contributed by atoms with E-state index in [-0.39, 0.29) is 11.8 Å². The number of carboxylic acids is 1. The van der Waals surface area contributed by atoms with Crippen LogP contribution in [0.25, 0.3) is 0 Å². The maximum atomic E-state index is 11.0. The van der Waals surface area contributed by atoms with Crippen molar-refractivity contribution in [2.75, 3.05) is 13.1 Å². The minimum Gasteiger partial charge on any atom is -0.481 e. The van der Waals surface area contributed by atoms with Crippen LogP contribution >= 0.6 is 11.3 Å². The maximum Gasteiger partial charge on any atom is 0.308 e. The number of thiophene rings is 1. The Morgan fingerprint density at radius 2 is 2.38 bits per heavy atom. The lowest BCUT2D eigenvalue weighted by atomic mass is 9.99. The third-order valence-electron chi connectivity index (χ3n) is 3.53. The molecule has 0 aliphatic carbocycles. The van der Waals surface area contributed by atoms with Crippen LogP contribution in [0.1, 0.15) is 25.5 Å². The summed E-state index contributed by atoms with van der Waals surface area (Å²) >= 11 is 1.69. The molecule has 1 aromatic heterocycles. The highest BCUT2D eigenvalue weighted by atomic mass is 32.1. The molecule has 3 nitrogen and oxygen atoms in total. The predicted molar refractivity (Wildman–Crippen MR) is 64.6 cm³/mol. The minimum absolute atomic E-state index is 0.207. The lowest BCUT2D eigenvalue weighted by molar-refractivity contribution is -0.142. The Morgan fingerprint density at radius 1 is 1.62 bits per heavy atom. The van der Waals surface area contributed by atoms with E-state index in [1.165, 1.54) is 5.56 Å². The van der Waals surface area contributed by atoms with Crippen molar-refractivity contribution < 1.29 is 9.90 Å². The summed E-state index contributed by atoms with van der Waals surface area (Å²) in [6.07, 6.45) is 0. The zero-order valence-electron chi connectivity index (χ0n) is 9.59. The highest BCUT2D eigenvalue weighted by Crippen LogP contribution is 2.31. The van der Waals surface area contributed by atoms with Crippen LogP contribution in [0.2, 0.25) is 0 Å². The zero-order valence-corrected chi connectivity index (χ0v) is 10.4. The number of nitrogens with zero attached hydrogens (tertiary/aromatic N) is 1. The summed E-state index contributed by atoms with van der Waals surface area (Å²) in [7, 11) is 0. The van der Waals surface area contributed by atoms with Gasteiger partial charge in [-0.1, -0.05) is 6.92 Å². The molecule has 1 aliphatic heterocycles. The monoisotopic (exact) mass is 239 g/mol. The summed E-state index contributed by atoms with van der Waals surface area (Å²) in [4.78, 5) is 13.3. The Bertz CT molecular complexity index is 363. The summed E-state index contributed by atoms with van der Waals surface area (Å²) < 4.78 is 0. The van der Waals surface area contributed by atoms with Gasteiger partial charge in [0.25, 0.3) is 0 Å². The van der Waals surface area contributed by atoms with Gasteiger partial charge in [0.15, 0.2) is 0 Å². The van der Waals surface area contributed by atoms with Gasteiger partial charge in [0.2, 0.25) is 0 Å². The second-order valence-electron chi connectivity index (χ2n) is 4.61. The number of carbonyl (C=O) groups is 1. The van der Waals surface area contributed by atoms with E-state index in [0.29, 0.717) is 12.6 Å². The van der Waals surface area contributed by atoms with Crippen molar-refractivity contribution in [3.63, 3.8) is 0 Å². The van der Waals surface area contributed by atoms with Crippen molar-refractivity contribution in [2.45, 2.75) is 19.9 Å². The van der Waals surface area contributed by atoms with Gasteiger partial charge in [0.1, 0.15) is 0 Å². The SMILES string of the molecule is CC1CN(C(C)c2ccsc2)CC1C(=O)O. The van der Waals surface area contributed by atoms with Crippen molar-refractivity contribution in [3.05, 3.63) is 22.4 Å². The third-order valence-corrected chi connectivity index (χ3v) is 4.23. The van der Waals surface area contributed by atoms with E-state index in [0.717, 1.165) is 6.54 Å². The number of rotatable bonds is 3. The topological polar surface area (TPSA) is 40.5 Å². The van der Waals surface area contributed by atoms with E-state index >= 15 is 0 Å². The van der Waals surface area contributed by atoms with Crippen LogP contribution in [-0.4, -0.2) is 29.1 Å². The molecule has 4 heteroatoms. The number of aliphatic carboxylic acids is 1. The molecule has 2 rings (SSSR count). The molecular weight excluding hydrogens is 222 g/mol. The summed E-state index contributed by atoms with van der Waals surface area (Å²) in [6, 6.07) is 2.45. The smallest absolute Gasteiger partial charge is 0.308 e. The minimum atomic E-state index is -0.660. The molecule has 0 radical (unpaired) electrons. The van der Waals surface area contributed by atoms with Gasteiger partial charge in [-0.2, -0.15) is 11.3 Å². The normalized spacial score (nSPS) is 28.1. The highest BCUT2D eigenvalue weighted by Gasteiger charge is 2.36. The maximum absolute atomic E-state index is 11.0. The fourth-order valence-corrected chi connectivity index (χ4v) is 3.11. The molecular formula is C12H17NO2S. The quantitative estimate of drug-likeness (QED) is 0.881. The molecule has 0 bridgehead atoms. The number of likely N-dealkylation sites (tertiary alicyclic amines) is 1. The first-order valence-electron chi connectivity index (χ1n) is 5.58. The van der Waals surface area contributed by atoms with Gasteiger partial charge in [0, 0.05) is 19.1 Å². The van der Waals surface area contributed by atoms with Gasteiger partial charge < -0.3 is 5.11 Å². The summed E-state index contributed by atoms with van der Waals surface area (Å²) in [5, 5.41) is 13.3. The van der Waals surface area contributed by atoms with Gasteiger partial charge >= 0.3 is 5.97 Å². The molecule has 1 N–H and O–H groups in total. The van der Waals surface area contributed by atoms with Crippen LogP contribution in [0.5, 0.6) is 0 Å². The van der Waals surface area contributed by atoms with Crippen molar-refractivity contribution >= 4 is 17.3 Å². The number of hydrogen-bond donors (Lipinski definition) is 1. The Kier molecular flexibility index (Phi) is 3.30.